The van der Waals surface area contributed by atoms with Crippen LogP contribution in [-0.4, -0.2) is 26.9 Å². The van der Waals surface area contributed by atoms with Gasteiger partial charge in [-0.05, 0) is 24.2 Å². The second-order valence-electron chi connectivity index (χ2n) is 3.27. The first-order valence-corrected chi connectivity index (χ1v) is 5.28. The molecule has 0 aliphatic rings. The topological polar surface area (TPSA) is 30.5 Å². The van der Waals surface area contributed by atoms with Gasteiger partial charge >= 0.3 is 0 Å². The average molecular weight is 209 g/mol. The summed E-state index contributed by atoms with van der Waals surface area (Å²) in [5.41, 5.74) is 1.24. The van der Waals surface area contributed by atoms with Gasteiger partial charge in [-0.25, -0.2) is 0 Å². The third kappa shape index (κ3) is 4.81. The third-order valence-corrected chi connectivity index (χ3v) is 2.03. The normalized spacial score (nSPS) is 10.3. The van der Waals surface area contributed by atoms with Crippen LogP contribution in [0.3, 0.4) is 0 Å². The highest BCUT2D eigenvalue weighted by atomic mass is 16.5. The molecule has 1 N–H and O–H groups in total. The quantitative estimate of drug-likeness (QED) is 0.695. The van der Waals surface area contributed by atoms with Crippen LogP contribution in [0.2, 0.25) is 0 Å². The van der Waals surface area contributed by atoms with E-state index in [1.54, 1.807) is 7.11 Å². The zero-order valence-electron chi connectivity index (χ0n) is 9.45. The van der Waals surface area contributed by atoms with Crippen LogP contribution in [0.15, 0.2) is 24.3 Å². The van der Waals surface area contributed by atoms with Crippen molar-refractivity contribution in [1.29, 1.82) is 0 Å². The smallest absolute Gasteiger partial charge is 0.119 e. The van der Waals surface area contributed by atoms with Gasteiger partial charge in [0.25, 0.3) is 0 Å². The molecule has 0 spiro atoms. The Morgan fingerprint density at radius 1 is 1.27 bits per heavy atom. The van der Waals surface area contributed by atoms with E-state index in [0.29, 0.717) is 13.2 Å². The Hall–Kier alpha value is -1.06. The Labute approximate surface area is 91.4 Å². The number of benzene rings is 1. The Kier molecular flexibility index (Phi) is 5.81. The van der Waals surface area contributed by atoms with Gasteiger partial charge in [-0.15, -0.1) is 0 Å². The molecule has 84 valence electrons. The monoisotopic (exact) mass is 209 g/mol. The van der Waals surface area contributed by atoms with E-state index in [1.165, 1.54) is 5.56 Å². The molecule has 0 aromatic heterocycles. The highest BCUT2D eigenvalue weighted by Gasteiger charge is 1.96. The van der Waals surface area contributed by atoms with Crippen LogP contribution in [0.4, 0.5) is 0 Å². The van der Waals surface area contributed by atoms with Crippen LogP contribution in [-0.2, 0) is 11.3 Å². The summed E-state index contributed by atoms with van der Waals surface area (Å²) in [4.78, 5) is 0. The van der Waals surface area contributed by atoms with Crippen molar-refractivity contribution in [3.05, 3.63) is 29.8 Å². The van der Waals surface area contributed by atoms with Gasteiger partial charge in [-0.1, -0.05) is 19.1 Å². The van der Waals surface area contributed by atoms with Gasteiger partial charge in [0.2, 0.25) is 0 Å². The second-order valence-corrected chi connectivity index (χ2v) is 3.27. The maximum Gasteiger partial charge on any atom is 0.119 e. The number of hydrogen-bond acceptors (Lipinski definition) is 3. The van der Waals surface area contributed by atoms with Gasteiger partial charge in [0.05, 0.1) is 6.61 Å². The Morgan fingerprint density at radius 2 is 2.13 bits per heavy atom. The zero-order valence-corrected chi connectivity index (χ0v) is 9.45. The highest BCUT2D eigenvalue weighted by Crippen LogP contribution is 2.12. The van der Waals surface area contributed by atoms with E-state index < -0.39 is 0 Å². The number of ether oxygens (including phenoxy) is 2. The predicted octanol–water partition coefficient (Wildman–Crippen LogP) is 1.82. The lowest BCUT2D eigenvalue weighted by Gasteiger charge is -2.07. The summed E-state index contributed by atoms with van der Waals surface area (Å²) in [6, 6.07) is 8.12. The largest absolute Gasteiger partial charge is 0.491 e. The maximum absolute atomic E-state index is 5.51. The molecule has 3 heteroatoms. The van der Waals surface area contributed by atoms with Crippen LogP contribution in [0.5, 0.6) is 5.75 Å². The van der Waals surface area contributed by atoms with Crippen molar-refractivity contribution >= 4 is 0 Å². The summed E-state index contributed by atoms with van der Waals surface area (Å²) in [5, 5.41) is 3.28. The number of rotatable bonds is 7. The van der Waals surface area contributed by atoms with E-state index in [-0.39, 0.29) is 0 Å². The molecule has 0 radical (unpaired) electrons. The van der Waals surface area contributed by atoms with E-state index in [0.717, 1.165) is 18.8 Å². The van der Waals surface area contributed by atoms with Gasteiger partial charge in [-0.2, -0.15) is 0 Å². The molecule has 1 aromatic rings. The standard InChI is InChI=1S/C12H19NO2/c1-3-13-10-11-5-4-6-12(9-11)15-8-7-14-2/h4-6,9,13H,3,7-8,10H2,1-2H3. The lowest BCUT2D eigenvalue weighted by molar-refractivity contribution is 0.146. The summed E-state index contributed by atoms with van der Waals surface area (Å²) in [5.74, 6) is 0.905. The van der Waals surface area contributed by atoms with E-state index in [9.17, 15) is 0 Å². The molecule has 0 aliphatic carbocycles. The fraction of sp³-hybridized carbons (Fsp3) is 0.500. The van der Waals surface area contributed by atoms with Crippen LogP contribution in [0, 0.1) is 0 Å². The molecule has 1 aromatic carbocycles. The number of nitrogens with one attached hydrogen (secondary N) is 1. The molecule has 0 bridgehead atoms. The van der Waals surface area contributed by atoms with Gasteiger partial charge in [0.1, 0.15) is 12.4 Å². The van der Waals surface area contributed by atoms with Crippen molar-refractivity contribution in [3.63, 3.8) is 0 Å². The molecule has 0 unspecified atom stereocenters. The van der Waals surface area contributed by atoms with Crippen LogP contribution in [0.25, 0.3) is 0 Å². The molecule has 0 saturated carbocycles. The summed E-state index contributed by atoms with van der Waals surface area (Å²) in [6.07, 6.45) is 0. The molecular formula is C12H19NO2. The van der Waals surface area contributed by atoms with Crippen molar-refractivity contribution in [2.45, 2.75) is 13.5 Å². The van der Waals surface area contributed by atoms with Gasteiger partial charge < -0.3 is 14.8 Å². The second kappa shape index (κ2) is 7.26. The summed E-state index contributed by atoms with van der Waals surface area (Å²) < 4.78 is 10.4. The Balaban J connectivity index is 2.42. The summed E-state index contributed by atoms with van der Waals surface area (Å²) in [6.45, 7) is 5.18. The molecule has 1 rings (SSSR count). The lowest BCUT2D eigenvalue weighted by Crippen LogP contribution is -2.11. The summed E-state index contributed by atoms with van der Waals surface area (Å²) in [7, 11) is 1.67. The van der Waals surface area contributed by atoms with Crippen LogP contribution in [0.1, 0.15) is 12.5 Å². The first-order chi connectivity index (χ1) is 7.36. The van der Waals surface area contributed by atoms with Crippen LogP contribution >= 0.6 is 0 Å². The molecule has 0 fully saturated rings. The van der Waals surface area contributed by atoms with Crippen molar-refractivity contribution < 1.29 is 9.47 Å². The SMILES string of the molecule is CCNCc1cccc(OCCOC)c1. The molecule has 3 nitrogen and oxygen atoms in total. The molecular weight excluding hydrogens is 190 g/mol. The average Bonchev–Trinajstić information content (AvgIpc) is 2.27. The van der Waals surface area contributed by atoms with E-state index in [1.807, 2.05) is 12.1 Å². The molecule has 0 aliphatic heterocycles. The number of methoxy groups -OCH3 is 1. The lowest BCUT2D eigenvalue weighted by atomic mass is 10.2. The molecule has 0 heterocycles. The third-order valence-electron chi connectivity index (χ3n) is 2.03. The fourth-order valence-corrected chi connectivity index (χ4v) is 1.26. The molecule has 15 heavy (non-hydrogen) atoms. The minimum atomic E-state index is 0.598. The molecule has 0 saturated heterocycles. The minimum absolute atomic E-state index is 0.598. The van der Waals surface area contributed by atoms with Gasteiger partial charge in [-0.3, -0.25) is 0 Å². The Morgan fingerprint density at radius 3 is 2.87 bits per heavy atom. The Bertz CT molecular complexity index is 276. The highest BCUT2D eigenvalue weighted by molar-refractivity contribution is 5.28. The van der Waals surface area contributed by atoms with Gasteiger partial charge in [0, 0.05) is 13.7 Å². The van der Waals surface area contributed by atoms with Gasteiger partial charge in [0.15, 0.2) is 0 Å². The first kappa shape index (κ1) is 12.0. The molecule has 0 atom stereocenters. The predicted molar refractivity (Wildman–Crippen MR) is 61.2 cm³/mol. The fourth-order valence-electron chi connectivity index (χ4n) is 1.26. The number of hydrogen-bond donors (Lipinski definition) is 1. The van der Waals surface area contributed by atoms with E-state index >= 15 is 0 Å². The van der Waals surface area contributed by atoms with Crippen molar-refractivity contribution in [2.24, 2.45) is 0 Å². The maximum atomic E-state index is 5.51. The summed E-state index contributed by atoms with van der Waals surface area (Å²) >= 11 is 0. The van der Waals surface area contributed by atoms with Crippen molar-refractivity contribution in [3.8, 4) is 5.75 Å². The first-order valence-electron chi connectivity index (χ1n) is 5.28. The van der Waals surface area contributed by atoms with Crippen molar-refractivity contribution in [1.82, 2.24) is 5.32 Å². The molecule has 0 amide bonds. The van der Waals surface area contributed by atoms with Crippen LogP contribution < -0.4 is 10.1 Å². The van der Waals surface area contributed by atoms with Crippen molar-refractivity contribution in [2.75, 3.05) is 26.9 Å². The zero-order chi connectivity index (χ0) is 10.9. The minimum Gasteiger partial charge on any atom is -0.491 e. The van der Waals surface area contributed by atoms with E-state index in [4.69, 9.17) is 9.47 Å². The van der Waals surface area contributed by atoms with E-state index in [2.05, 4.69) is 24.4 Å².